The van der Waals surface area contributed by atoms with Crippen molar-refractivity contribution in [3.05, 3.63) is 11.8 Å². The number of nitrogens with zero attached hydrogens (tertiary/aromatic N) is 2. The van der Waals surface area contributed by atoms with E-state index in [0.717, 1.165) is 12.8 Å². The van der Waals surface area contributed by atoms with Gasteiger partial charge in [-0.05, 0) is 12.8 Å². The molecule has 13 heavy (non-hydrogen) atoms. The second-order valence-electron chi connectivity index (χ2n) is 2.52. The lowest BCUT2D eigenvalue weighted by atomic mass is 10.2. The molecule has 1 aliphatic rings. The molecule has 4 nitrogen and oxygen atoms in total. The predicted octanol–water partition coefficient (Wildman–Crippen LogP) is 1.19. The Morgan fingerprint density at radius 2 is 2.54 bits per heavy atom. The Hall–Kier alpha value is -1.63. The smallest absolute Gasteiger partial charge is 0.356 e. The standard InChI is InChI=1S/C9H10N2O2/c10-5-3-7-13-9(12)8-4-1-2-6-11-8/h4,6H,1-3,7H2. The molecule has 0 aromatic carbocycles. The minimum absolute atomic E-state index is 0.141. The van der Waals surface area contributed by atoms with Crippen LogP contribution >= 0.6 is 0 Å². The molecule has 0 spiro atoms. The summed E-state index contributed by atoms with van der Waals surface area (Å²) in [6.45, 7) is 0.141. The highest BCUT2D eigenvalue weighted by atomic mass is 16.5. The van der Waals surface area contributed by atoms with Crippen molar-refractivity contribution in [1.82, 2.24) is 0 Å². The largest absolute Gasteiger partial charge is 0.460 e. The first-order valence-corrected chi connectivity index (χ1v) is 4.11. The fourth-order valence-electron chi connectivity index (χ4n) is 0.910. The van der Waals surface area contributed by atoms with E-state index >= 15 is 0 Å². The van der Waals surface area contributed by atoms with E-state index in [0.29, 0.717) is 5.70 Å². The van der Waals surface area contributed by atoms with Gasteiger partial charge in [0, 0.05) is 6.21 Å². The summed E-state index contributed by atoms with van der Waals surface area (Å²) in [5, 5.41) is 8.20. The van der Waals surface area contributed by atoms with Crippen molar-refractivity contribution in [2.24, 2.45) is 4.99 Å². The van der Waals surface area contributed by atoms with Gasteiger partial charge in [-0.3, -0.25) is 4.99 Å². The van der Waals surface area contributed by atoms with Crippen LogP contribution in [0.1, 0.15) is 19.3 Å². The molecule has 0 saturated heterocycles. The van der Waals surface area contributed by atoms with Crippen molar-refractivity contribution in [3.63, 3.8) is 0 Å². The Labute approximate surface area is 76.5 Å². The minimum atomic E-state index is -0.439. The fourth-order valence-corrected chi connectivity index (χ4v) is 0.910. The predicted molar refractivity (Wildman–Crippen MR) is 47.0 cm³/mol. The van der Waals surface area contributed by atoms with Crippen LogP contribution in [0.25, 0.3) is 0 Å². The van der Waals surface area contributed by atoms with Crippen LogP contribution in [-0.4, -0.2) is 18.8 Å². The molecule has 0 amide bonds. The van der Waals surface area contributed by atoms with Gasteiger partial charge in [-0.15, -0.1) is 0 Å². The summed E-state index contributed by atoms with van der Waals surface area (Å²) in [5.74, 6) is -0.439. The zero-order valence-electron chi connectivity index (χ0n) is 7.19. The summed E-state index contributed by atoms with van der Waals surface area (Å²) in [7, 11) is 0. The second kappa shape index (κ2) is 5.09. The van der Waals surface area contributed by atoms with Gasteiger partial charge >= 0.3 is 5.97 Å². The number of aliphatic imine (C=N–C) groups is 1. The topological polar surface area (TPSA) is 62.4 Å². The summed E-state index contributed by atoms with van der Waals surface area (Å²) in [6.07, 6.45) is 5.36. The maximum absolute atomic E-state index is 11.2. The molecule has 1 aliphatic heterocycles. The lowest BCUT2D eigenvalue weighted by molar-refractivity contribution is -0.138. The third-order valence-corrected chi connectivity index (χ3v) is 1.52. The molecule has 0 aliphatic carbocycles. The molecule has 1 rings (SSSR count). The Morgan fingerprint density at radius 3 is 3.15 bits per heavy atom. The zero-order chi connectivity index (χ0) is 9.52. The monoisotopic (exact) mass is 178 g/mol. The molecule has 0 saturated carbocycles. The van der Waals surface area contributed by atoms with Gasteiger partial charge in [0.2, 0.25) is 0 Å². The van der Waals surface area contributed by atoms with Crippen molar-refractivity contribution >= 4 is 12.2 Å². The molecule has 0 aromatic heterocycles. The number of nitriles is 1. The number of carbonyl (C=O) groups is 1. The molecule has 0 fully saturated rings. The van der Waals surface area contributed by atoms with Crippen LogP contribution < -0.4 is 0 Å². The minimum Gasteiger partial charge on any atom is -0.460 e. The van der Waals surface area contributed by atoms with Gasteiger partial charge in [0.1, 0.15) is 12.3 Å². The van der Waals surface area contributed by atoms with Crippen LogP contribution in [0, 0.1) is 11.3 Å². The lowest BCUT2D eigenvalue weighted by Crippen LogP contribution is -2.09. The fraction of sp³-hybridized carbons (Fsp3) is 0.444. The summed E-state index contributed by atoms with van der Waals surface area (Å²) >= 11 is 0. The van der Waals surface area contributed by atoms with Crippen molar-refractivity contribution in [3.8, 4) is 6.07 Å². The van der Waals surface area contributed by atoms with Crippen LogP contribution in [0.2, 0.25) is 0 Å². The first kappa shape index (κ1) is 9.46. The quantitative estimate of drug-likeness (QED) is 0.481. The van der Waals surface area contributed by atoms with Gasteiger partial charge in [0.25, 0.3) is 0 Å². The highest BCUT2D eigenvalue weighted by Crippen LogP contribution is 2.08. The van der Waals surface area contributed by atoms with E-state index < -0.39 is 5.97 Å². The van der Waals surface area contributed by atoms with E-state index in [-0.39, 0.29) is 13.0 Å². The van der Waals surface area contributed by atoms with E-state index in [4.69, 9.17) is 10.00 Å². The third-order valence-electron chi connectivity index (χ3n) is 1.52. The summed E-state index contributed by atoms with van der Waals surface area (Å²) in [6, 6.07) is 1.89. The van der Waals surface area contributed by atoms with Crippen molar-refractivity contribution < 1.29 is 9.53 Å². The normalized spacial score (nSPS) is 14.5. The first-order chi connectivity index (χ1) is 6.34. The van der Waals surface area contributed by atoms with Crippen molar-refractivity contribution in [1.29, 1.82) is 5.26 Å². The van der Waals surface area contributed by atoms with Crippen molar-refractivity contribution in [2.75, 3.05) is 6.61 Å². The van der Waals surface area contributed by atoms with Crippen LogP contribution in [0.4, 0.5) is 0 Å². The van der Waals surface area contributed by atoms with Gasteiger partial charge in [-0.25, -0.2) is 4.79 Å². The van der Waals surface area contributed by atoms with E-state index in [1.54, 1.807) is 12.3 Å². The van der Waals surface area contributed by atoms with Crippen molar-refractivity contribution in [2.45, 2.75) is 19.3 Å². The highest BCUT2D eigenvalue weighted by molar-refractivity contribution is 5.90. The molecular formula is C9H10N2O2. The Morgan fingerprint density at radius 1 is 1.69 bits per heavy atom. The maximum Gasteiger partial charge on any atom is 0.356 e. The second-order valence-corrected chi connectivity index (χ2v) is 2.52. The van der Waals surface area contributed by atoms with E-state index in [1.165, 1.54) is 0 Å². The molecular weight excluding hydrogens is 168 g/mol. The van der Waals surface area contributed by atoms with Gasteiger partial charge in [0.05, 0.1) is 12.5 Å². The molecule has 1 heterocycles. The van der Waals surface area contributed by atoms with Gasteiger partial charge in [0.15, 0.2) is 0 Å². The van der Waals surface area contributed by atoms with E-state index in [9.17, 15) is 4.79 Å². The molecule has 4 heteroatoms. The molecule has 0 atom stereocenters. The number of esters is 1. The number of hydrogen-bond donors (Lipinski definition) is 0. The Balaban J connectivity index is 2.35. The Kier molecular flexibility index (Phi) is 3.71. The van der Waals surface area contributed by atoms with Crippen LogP contribution in [0.15, 0.2) is 16.8 Å². The Bertz CT molecular complexity index is 286. The van der Waals surface area contributed by atoms with Gasteiger partial charge < -0.3 is 4.74 Å². The first-order valence-electron chi connectivity index (χ1n) is 4.11. The number of carbonyl (C=O) groups excluding carboxylic acids is 1. The van der Waals surface area contributed by atoms with E-state index in [2.05, 4.69) is 4.99 Å². The third kappa shape index (κ3) is 3.08. The van der Waals surface area contributed by atoms with Crippen LogP contribution in [0.3, 0.4) is 0 Å². The molecule has 0 aromatic rings. The SMILES string of the molecule is N#CCCOC(=O)C1=CCCC=N1. The summed E-state index contributed by atoms with van der Waals surface area (Å²) in [5.41, 5.74) is 0.351. The molecule has 0 N–H and O–H groups in total. The highest BCUT2D eigenvalue weighted by Gasteiger charge is 2.10. The van der Waals surface area contributed by atoms with Gasteiger partial charge in [-0.1, -0.05) is 6.08 Å². The summed E-state index contributed by atoms with van der Waals surface area (Å²) in [4.78, 5) is 15.0. The number of ether oxygens (including phenoxy) is 1. The van der Waals surface area contributed by atoms with Crippen LogP contribution in [0.5, 0.6) is 0 Å². The van der Waals surface area contributed by atoms with Gasteiger partial charge in [-0.2, -0.15) is 5.26 Å². The average Bonchev–Trinajstić information content (AvgIpc) is 2.19. The van der Waals surface area contributed by atoms with E-state index in [1.807, 2.05) is 6.07 Å². The summed E-state index contributed by atoms with van der Waals surface area (Å²) < 4.78 is 4.78. The molecule has 0 bridgehead atoms. The zero-order valence-corrected chi connectivity index (χ0v) is 7.19. The molecule has 0 unspecified atom stereocenters. The molecule has 68 valence electrons. The molecule has 0 radical (unpaired) electrons. The number of hydrogen-bond acceptors (Lipinski definition) is 4. The average molecular weight is 178 g/mol. The van der Waals surface area contributed by atoms with Crippen LogP contribution in [-0.2, 0) is 9.53 Å². The number of rotatable bonds is 3. The lowest BCUT2D eigenvalue weighted by Gasteiger charge is -2.04. The maximum atomic E-state index is 11.2. The number of allylic oxidation sites excluding steroid dienone is 1.